The third-order valence-corrected chi connectivity index (χ3v) is 6.43. The maximum Gasteiger partial charge on any atom is 0.259 e. The number of hydrogen-bond donors (Lipinski definition) is 0. The quantitative estimate of drug-likeness (QED) is 0.441. The second-order valence-electron chi connectivity index (χ2n) is 8.56. The Morgan fingerprint density at radius 3 is 2.41 bits per heavy atom. The van der Waals surface area contributed by atoms with Gasteiger partial charge in [0.15, 0.2) is 5.65 Å². The molecule has 1 fully saturated rings. The van der Waals surface area contributed by atoms with E-state index in [1.807, 2.05) is 41.3 Å². The summed E-state index contributed by atoms with van der Waals surface area (Å²) in [5.74, 6) is 0.794. The van der Waals surface area contributed by atoms with Crippen molar-refractivity contribution in [1.29, 1.82) is 0 Å². The number of methoxy groups -OCH3 is 1. The molecule has 1 saturated heterocycles. The summed E-state index contributed by atoms with van der Waals surface area (Å²) < 4.78 is 7.08. The summed E-state index contributed by atoms with van der Waals surface area (Å²) >= 11 is 0. The highest BCUT2D eigenvalue weighted by molar-refractivity contribution is 6.00. The van der Waals surface area contributed by atoms with E-state index >= 15 is 0 Å². The predicted octanol–water partition coefficient (Wildman–Crippen LogP) is 3.93. The Balaban J connectivity index is 1.37. The Morgan fingerprint density at radius 2 is 1.74 bits per heavy atom. The second kappa shape index (κ2) is 9.65. The van der Waals surface area contributed by atoms with Crippen molar-refractivity contribution in [3.05, 3.63) is 83.7 Å². The number of ether oxygens (including phenoxy) is 1. The maximum atomic E-state index is 13.5. The summed E-state index contributed by atoms with van der Waals surface area (Å²) in [5.41, 5.74) is 5.29. The first-order chi connectivity index (χ1) is 16.7. The molecule has 0 unspecified atom stereocenters. The fourth-order valence-electron chi connectivity index (χ4n) is 4.46. The van der Waals surface area contributed by atoms with Crippen LogP contribution in [0.25, 0.3) is 16.9 Å². The van der Waals surface area contributed by atoms with Crippen LogP contribution in [0.1, 0.15) is 28.5 Å². The van der Waals surface area contributed by atoms with E-state index in [4.69, 9.17) is 9.72 Å². The lowest BCUT2D eigenvalue weighted by Crippen LogP contribution is -2.48. The third-order valence-electron chi connectivity index (χ3n) is 6.43. The number of aromatic nitrogens is 3. The minimum atomic E-state index is -0.00389. The normalized spacial score (nSPS) is 14.5. The van der Waals surface area contributed by atoms with Crippen LogP contribution >= 0.6 is 0 Å². The molecule has 0 atom stereocenters. The number of amides is 1. The van der Waals surface area contributed by atoms with Gasteiger partial charge in [-0.3, -0.25) is 9.69 Å². The number of carbonyl (C=O) groups excluding carboxylic acids is 1. The SMILES string of the molecule is CCc1cc(-c2ccc(OC)cc2)nc2c(C(=O)N3CCN(Cc4ccccc4)CC3)cnn12. The van der Waals surface area contributed by atoms with Crippen molar-refractivity contribution in [2.45, 2.75) is 19.9 Å². The molecule has 1 amide bonds. The van der Waals surface area contributed by atoms with E-state index in [0.717, 1.165) is 48.8 Å². The van der Waals surface area contributed by atoms with Gasteiger partial charge in [-0.05, 0) is 42.3 Å². The molecule has 174 valence electrons. The number of piperazine rings is 1. The predicted molar refractivity (Wildman–Crippen MR) is 132 cm³/mol. The van der Waals surface area contributed by atoms with Crippen LogP contribution in [0.4, 0.5) is 0 Å². The Bertz CT molecular complexity index is 1280. The van der Waals surface area contributed by atoms with Gasteiger partial charge in [0, 0.05) is 44.0 Å². The van der Waals surface area contributed by atoms with Crippen LogP contribution in [0.2, 0.25) is 0 Å². The third kappa shape index (κ3) is 4.39. The van der Waals surface area contributed by atoms with Crippen LogP contribution in [0.5, 0.6) is 5.75 Å². The summed E-state index contributed by atoms with van der Waals surface area (Å²) in [4.78, 5) is 22.6. The molecule has 2 aromatic heterocycles. The van der Waals surface area contributed by atoms with E-state index in [1.165, 1.54) is 5.56 Å². The van der Waals surface area contributed by atoms with E-state index in [2.05, 4.69) is 41.2 Å². The van der Waals surface area contributed by atoms with Crippen molar-refractivity contribution < 1.29 is 9.53 Å². The Hall–Kier alpha value is -3.71. The number of hydrogen-bond acceptors (Lipinski definition) is 5. The molecule has 0 aliphatic carbocycles. The molecule has 34 heavy (non-hydrogen) atoms. The number of carbonyl (C=O) groups is 1. The van der Waals surface area contributed by atoms with Crippen LogP contribution in [-0.2, 0) is 13.0 Å². The Labute approximate surface area is 199 Å². The second-order valence-corrected chi connectivity index (χ2v) is 8.56. The lowest BCUT2D eigenvalue weighted by atomic mass is 10.1. The molecule has 0 radical (unpaired) electrons. The van der Waals surface area contributed by atoms with Crippen molar-refractivity contribution in [3.63, 3.8) is 0 Å². The van der Waals surface area contributed by atoms with Gasteiger partial charge in [-0.15, -0.1) is 0 Å². The standard InChI is InChI=1S/C27H29N5O2/c1-3-22-17-25(21-9-11-23(34-2)12-10-21)29-26-24(18-28-32(22)26)27(33)31-15-13-30(14-16-31)19-20-7-5-4-6-8-20/h4-12,17-18H,3,13-16,19H2,1-2H3. The number of rotatable bonds is 6. The molecule has 3 heterocycles. The van der Waals surface area contributed by atoms with E-state index in [-0.39, 0.29) is 5.91 Å². The van der Waals surface area contributed by atoms with Crippen LogP contribution in [0.3, 0.4) is 0 Å². The van der Waals surface area contributed by atoms with Gasteiger partial charge in [-0.1, -0.05) is 37.3 Å². The molecule has 0 spiro atoms. The topological polar surface area (TPSA) is 63.0 Å². The first kappa shape index (κ1) is 22.1. The van der Waals surface area contributed by atoms with Gasteiger partial charge in [0.05, 0.1) is 19.0 Å². The van der Waals surface area contributed by atoms with Crippen molar-refractivity contribution in [2.24, 2.45) is 0 Å². The zero-order valence-corrected chi connectivity index (χ0v) is 19.6. The van der Waals surface area contributed by atoms with Gasteiger partial charge < -0.3 is 9.64 Å². The van der Waals surface area contributed by atoms with Gasteiger partial charge in [0.1, 0.15) is 11.3 Å². The van der Waals surface area contributed by atoms with Crippen molar-refractivity contribution in [3.8, 4) is 17.0 Å². The van der Waals surface area contributed by atoms with Crippen LogP contribution in [0.15, 0.2) is 66.9 Å². The van der Waals surface area contributed by atoms with E-state index in [9.17, 15) is 4.79 Å². The molecule has 5 rings (SSSR count). The highest BCUT2D eigenvalue weighted by Gasteiger charge is 2.26. The molecule has 4 aromatic rings. The van der Waals surface area contributed by atoms with Crippen molar-refractivity contribution in [2.75, 3.05) is 33.3 Å². The smallest absolute Gasteiger partial charge is 0.259 e. The van der Waals surface area contributed by atoms with Crippen molar-refractivity contribution >= 4 is 11.6 Å². The molecular formula is C27H29N5O2. The van der Waals surface area contributed by atoms with Crippen LogP contribution in [-0.4, -0.2) is 63.6 Å². The lowest BCUT2D eigenvalue weighted by molar-refractivity contribution is 0.0630. The van der Waals surface area contributed by atoms with E-state index in [1.54, 1.807) is 17.8 Å². The fourth-order valence-corrected chi connectivity index (χ4v) is 4.46. The fraction of sp³-hybridized carbons (Fsp3) is 0.296. The highest BCUT2D eigenvalue weighted by Crippen LogP contribution is 2.24. The largest absolute Gasteiger partial charge is 0.497 e. The zero-order valence-electron chi connectivity index (χ0n) is 19.6. The first-order valence-electron chi connectivity index (χ1n) is 11.7. The first-order valence-corrected chi connectivity index (χ1v) is 11.7. The molecule has 1 aliphatic rings. The lowest BCUT2D eigenvalue weighted by Gasteiger charge is -2.34. The minimum absolute atomic E-state index is 0.00389. The maximum absolute atomic E-state index is 13.5. The Kier molecular flexibility index (Phi) is 6.27. The summed E-state index contributed by atoms with van der Waals surface area (Å²) in [5, 5.41) is 4.51. The zero-order chi connectivity index (χ0) is 23.5. The monoisotopic (exact) mass is 455 g/mol. The van der Waals surface area contributed by atoms with Gasteiger partial charge in [0.25, 0.3) is 5.91 Å². The van der Waals surface area contributed by atoms with Crippen molar-refractivity contribution in [1.82, 2.24) is 24.4 Å². The molecule has 7 nitrogen and oxygen atoms in total. The molecule has 2 aromatic carbocycles. The number of aryl methyl sites for hydroxylation is 1. The highest BCUT2D eigenvalue weighted by atomic mass is 16.5. The van der Waals surface area contributed by atoms with E-state index in [0.29, 0.717) is 24.3 Å². The van der Waals surface area contributed by atoms with E-state index < -0.39 is 0 Å². The summed E-state index contributed by atoms with van der Waals surface area (Å²) in [7, 11) is 1.65. The van der Waals surface area contributed by atoms with Gasteiger partial charge >= 0.3 is 0 Å². The van der Waals surface area contributed by atoms with Gasteiger partial charge in [-0.25, -0.2) is 9.50 Å². The minimum Gasteiger partial charge on any atom is -0.497 e. The molecule has 0 N–H and O–H groups in total. The summed E-state index contributed by atoms with van der Waals surface area (Å²) in [6.45, 7) is 6.09. The summed E-state index contributed by atoms with van der Waals surface area (Å²) in [6.07, 6.45) is 2.45. The number of fused-ring (bicyclic) bond motifs is 1. The van der Waals surface area contributed by atoms with Gasteiger partial charge in [-0.2, -0.15) is 5.10 Å². The van der Waals surface area contributed by atoms with Crippen LogP contribution in [0, 0.1) is 0 Å². The molecule has 0 bridgehead atoms. The molecular weight excluding hydrogens is 426 g/mol. The number of benzene rings is 2. The molecule has 7 heteroatoms. The van der Waals surface area contributed by atoms with Gasteiger partial charge in [0.2, 0.25) is 0 Å². The van der Waals surface area contributed by atoms with Crippen LogP contribution < -0.4 is 4.74 Å². The number of nitrogens with zero attached hydrogens (tertiary/aromatic N) is 5. The Morgan fingerprint density at radius 1 is 1.00 bits per heavy atom. The summed E-state index contributed by atoms with van der Waals surface area (Å²) in [6, 6.07) is 20.3. The molecule has 0 saturated carbocycles. The average molecular weight is 456 g/mol. The average Bonchev–Trinajstić information content (AvgIpc) is 3.33. The molecule has 1 aliphatic heterocycles.